The SMILES string of the molecule is CC(O)(CNC(=O)c1ccc([N+](=O)[O-])cc1F)C(=O)O. The van der Waals surface area contributed by atoms with Crippen LogP contribution in [0.25, 0.3) is 0 Å². The van der Waals surface area contributed by atoms with Crippen molar-refractivity contribution in [3.8, 4) is 0 Å². The number of aliphatic carboxylic acids is 1. The molecule has 0 saturated carbocycles. The van der Waals surface area contributed by atoms with Crippen molar-refractivity contribution in [1.29, 1.82) is 0 Å². The lowest BCUT2D eigenvalue weighted by atomic mass is 10.1. The minimum Gasteiger partial charge on any atom is -0.479 e. The number of nitrogens with zero attached hydrogens (tertiary/aromatic N) is 1. The molecule has 3 N–H and O–H groups in total. The first kappa shape index (κ1) is 15.5. The van der Waals surface area contributed by atoms with Crippen LogP contribution in [0.3, 0.4) is 0 Å². The van der Waals surface area contributed by atoms with Crippen LogP contribution in [0, 0.1) is 15.9 Å². The highest BCUT2D eigenvalue weighted by molar-refractivity contribution is 5.95. The van der Waals surface area contributed by atoms with E-state index in [4.69, 9.17) is 5.11 Å². The third-order valence-electron chi connectivity index (χ3n) is 2.46. The molecule has 0 bridgehead atoms. The van der Waals surface area contributed by atoms with Crippen molar-refractivity contribution in [3.63, 3.8) is 0 Å². The van der Waals surface area contributed by atoms with E-state index in [1.807, 2.05) is 5.32 Å². The van der Waals surface area contributed by atoms with Gasteiger partial charge in [0.1, 0.15) is 5.82 Å². The Morgan fingerprint density at radius 3 is 2.55 bits per heavy atom. The van der Waals surface area contributed by atoms with Crippen molar-refractivity contribution >= 4 is 17.6 Å². The fourth-order valence-electron chi connectivity index (χ4n) is 1.22. The second-order valence-electron chi connectivity index (χ2n) is 4.18. The molecule has 0 aliphatic rings. The average Bonchev–Trinajstić information content (AvgIpc) is 2.35. The van der Waals surface area contributed by atoms with Crippen molar-refractivity contribution in [1.82, 2.24) is 5.32 Å². The molecule has 108 valence electrons. The highest BCUT2D eigenvalue weighted by Gasteiger charge is 2.30. The summed E-state index contributed by atoms with van der Waals surface area (Å²) >= 11 is 0. The Morgan fingerprint density at radius 2 is 2.10 bits per heavy atom. The maximum absolute atomic E-state index is 13.5. The Bertz CT molecular complexity index is 572. The van der Waals surface area contributed by atoms with Gasteiger partial charge in [-0.05, 0) is 13.0 Å². The van der Waals surface area contributed by atoms with Crippen LogP contribution in [0.15, 0.2) is 18.2 Å². The lowest BCUT2D eigenvalue weighted by molar-refractivity contribution is -0.385. The van der Waals surface area contributed by atoms with Crippen molar-refractivity contribution in [2.24, 2.45) is 0 Å². The van der Waals surface area contributed by atoms with Gasteiger partial charge >= 0.3 is 5.97 Å². The number of amides is 1. The van der Waals surface area contributed by atoms with Crippen molar-refractivity contribution in [3.05, 3.63) is 39.7 Å². The predicted octanol–water partition coefficient (Wildman–Crippen LogP) is 0.299. The van der Waals surface area contributed by atoms with E-state index in [0.29, 0.717) is 6.07 Å². The van der Waals surface area contributed by atoms with E-state index in [0.717, 1.165) is 19.1 Å². The summed E-state index contributed by atoms with van der Waals surface area (Å²) in [5.74, 6) is -3.66. The van der Waals surface area contributed by atoms with E-state index in [2.05, 4.69) is 0 Å². The van der Waals surface area contributed by atoms with Gasteiger partial charge in [0.15, 0.2) is 5.60 Å². The van der Waals surface area contributed by atoms with Crippen molar-refractivity contribution in [2.45, 2.75) is 12.5 Å². The number of nitro benzene ring substituents is 1. The van der Waals surface area contributed by atoms with Crippen LogP contribution in [0.4, 0.5) is 10.1 Å². The number of benzene rings is 1. The highest BCUT2D eigenvalue weighted by atomic mass is 19.1. The molecule has 0 radical (unpaired) electrons. The van der Waals surface area contributed by atoms with Crippen LogP contribution in [0.1, 0.15) is 17.3 Å². The molecule has 0 aliphatic carbocycles. The quantitative estimate of drug-likeness (QED) is 0.527. The van der Waals surface area contributed by atoms with Gasteiger partial charge in [0.05, 0.1) is 23.1 Å². The van der Waals surface area contributed by atoms with Gasteiger partial charge in [0, 0.05) is 6.07 Å². The molecule has 0 heterocycles. The number of aliphatic hydroxyl groups is 1. The summed E-state index contributed by atoms with van der Waals surface area (Å²) in [5.41, 5.74) is -3.21. The summed E-state index contributed by atoms with van der Waals surface area (Å²) in [6, 6.07) is 2.41. The average molecular weight is 286 g/mol. The minimum absolute atomic E-state index is 0.489. The molecule has 1 amide bonds. The number of hydrogen-bond acceptors (Lipinski definition) is 5. The minimum atomic E-state index is -2.20. The van der Waals surface area contributed by atoms with E-state index < -0.39 is 46.0 Å². The molecular weight excluding hydrogens is 275 g/mol. The Balaban J connectivity index is 2.84. The molecule has 9 heteroatoms. The van der Waals surface area contributed by atoms with E-state index in [1.54, 1.807) is 0 Å². The molecule has 1 rings (SSSR count). The molecule has 0 spiro atoms. The summed E-state index contributed by atoms with van der Waals surface area (Å²) in [6.07, 6.45) is 0. The zero-order valence-corrected chi connectivity index (χ0v) is 10.3. The lowest BCUT2D eigenvalue weighted by Gasteiger charge is -2.18. The molecule has 8 nitrogen and oxygen atoms in total. The molecule has 0 aromatic heterocycles. The first-order valence-corrected chi connectivity index (χ1v) is 5.33. The van der Waals surface area contributed by atoms with Crippen LogP contribution >= 0.6 is 0 Å². The topological polar surface area (TPSA) is 130 Å². The third kappa shape index (κ3) is 3.48. The van der Waals surface area contributed by atoms with Gasteiger partial charge in [-0.3, -0.25) is 14.9 Å². The molecule has 0 fully saturated rings. The van der Waals surface area contributed by atoms with Gasteiger partial charge in [-0.15, -0.1) is 0 Å². The van der Waals surface area contributed by atoms with Gasteiger partial charge in [-0.1, -0.05) is 0 Å². The molecule has 1 unspecified atom stereocenters. The number of halogens is 1. The second kappa shape index (κ2) is 5.61. The van der Waals surface area contributed by atoms with E-state index in [1.165, 1.54) is 0 Å². The Kier molecular flexibility index (Phi) is 4.35. The zero-order chi connectivity index (χ0) is 15.5. The summed E-state index contributed by atoms with van der Waals surface area (Å²) in [6.45, 7) is 0.319. The molecule has 1 aromatic rings. The first-order chi connectivity index (χ1) is 9.15. The fraction of sp³-hybridized carbons (Fsp3) is 0.273. The molecule has 20 heavy (non-hydrogen) atoms. The summed E-state index contributed by atoms with van der Waals surface area (Å²) in [4.78, 5) is 31.8. The van der Waals surface area contributed by atoms with E-state index in [9.17, 15) is 29.2 Å². The normalized spacial score (nSPS) is 13.3. The van der Waals surface area contributed by atoms with Crippen LogP contribution in [0.2, 0.25) is 0 Å². The van der Waals surface area contributed by atoms with E-state index in [-0.39, 0.29) is 0 Å². The number of carboxylic acid groups (broad SMARTS) is 1. The van der Waals surface area contributed by atoms with Gasteiger partial charge < -0.3 is 15.5 Å². The number of non-ortho nitro benzene ring substituents is 1. The number of rotatable bonds is 5. The largest absolute Gasteiger partial charge is 0.479 e. The summed E-state index contributed by atoms with van der Waals surface area (Å²) in [7, 11) is 0. The maximum Gasteiger partial charge on any atom is 0.337 e. The van der Waals surface area contributed by atoms with Crippen LogP contribution in [-0.4, -0.2) is 39.2 Å². The molecule has 1 aromatic carbocycles. The zero-order valence-electron chi connectivity index (χ0n) is 10.3. The van der Waals surface area contributed by atoms with Gasteiger partial charge in [0.2, 0.25) is 0 Å². The monoisotopic (exact) mass is 286 g/mol. The number of carboxylic acids is 1. The molecular formula is C11H11FN2O6. The second-order valence-corrected chi connectivity index (χ2v) is 4.18. The smallest absolute Gasteiger partial charge is 0.337 e. The lowest BCUT2D eigenvalue weighted by Crippen LogP contribution is -2.46. The van der Waals surface area contributed by atoms with Crippen molar-refractivity contribution in [2.75, 3.05) is 6.54 Å². The Labute approximate surface area is 112 Å². The van der Waals surface area contributed by atoms with Crippen LogP contribution in [-0.2, 0) is 4.79 Å². The number of nitro groups is 1. The highest BCUT2D eigenvalue weighted by Crippen LogP contribution is 2.16. The number of nitrogens with one attached hydrogen (secondary N) is 1. The molecule has 0 aliphatic heterocycles. The third-order valence-corrected chi connectivity index (χ3v) is 2.46. The maximum atomic E-state index is 13.5. The van der Waals surface area contributed by atoms with Gasteiger partial charge in [-0.25, -0.2) is 9.18 Å². The van der Waals surface area contributed by atoms with E-state index >= 15 is 0 Å². The summed E-state index contributed by atoms with van der Waals surface area (Å²) < 4.78 is 13.5. The summed E-state index contributed by atoms with van der Waals surface area (Å²) in [5, 5.41) is 30.4. The number of carbonyl (C=O) groups is 2. The first-order valence-electron chi connectivity index (χ1n) is 5.33. The van der Waals surface area contributed by atoms with Gasteiger partial charge in [0.25, 0.3) is 11.6 Å². The predicted molar refractivity (Wildman–Crippen MR) is 63.6 cm³/mol. The number of hydrogen-bond donors (Lipinski definition) is 3. The number of carbonyl (C=O) groups excluding carboxylic acids is 1. The van der Waals surface area contributed by atoms with Crippen LogP contribution < -0.4 is 5.32 Å². The Morgan fingerprint density at radius 1 is 1.50 bits per heavy atom. The standard InChI is InChI=1S/C11H11FN2O6/c1-11(18,10(16)17)5-13-9(15)7-3-2-6(14(19)20)4-8(7)12/h2-4,18H,5H2,1H3,(H,13,15)(H,16,17). The Hall–Kier alpha value is -2.55. The fourth-order valence-corrected chi connectivity index (χ4v) is 1.22. The van der Waals surface area contributed by atoms with Gasteiger partial charge in [-0.2, -0.15) is 0 Å². The van der Waals surface area contributed by atoms with Crippen molar-refractivity contribution < 1.29 is 29.1 Å². The molecule has 0 saturated heterocycles. The van der Waals surface area contributed by atoms with Crippen LogP contribution in [0.5, 0.6) is 0 Å². The molecule has 1 atom stereocenters.